The summed E-state index contributed by atoms with van der Waals surface area (Å²) in [6.45, 7) is 2.02. The summed E-state index contributed by atoms with van der Waals surface area (Å²) in [7, 11) is 0. The molecule has 5 rings (SSSR count). The molecular formula is C29H32FN5. The van der Waals surface area contributed by atoms with E-state index in [1.807, 2.05) is 30.3 Å². The van der Waals surface area contributed by atoms with Gasteiger partial charge in [-0.15, -0.1) is 0 Å². The van der Waals surface area contributed by atoms with Crippen molar-refractivity contribution in [1.29, 1.82) is 5.26 Å². The van der Waals surface area contributed by atoms with Gasteiger partial charge in [-0.1, -0.05) is 25.0 Å². The number of pyridine rings is 1. The van der Waals surface area contributed by atoms with Gasteiger partial charge in [-0.25, -0.2) is 9.37 Å². The van der Waals surface area contributed by atoms with Crippen LogP contribution in [0.2, 0.25) is 0 Å². The molecule has 2 heterocycles. The number of hydrogen-bond acceptors (Lipinski definition) is 5. The minimum absolute atomic E-state index is 0.229. The number of nitrogens with zero attached hydrogens (tertiary/aromatic N) is 3. The minimum Gasteiger partial charge on any atom is -0.370 e. The van der Waals surface area contributed by atoms with Gasteiger partial charge in [0.1, 0.15) is 11.6 Å². The number of anilines is 2. The summed E-state index contributed by atoms with van der Waals surface area (Å²) in [6.07, 6.45) is 8.82. The third-order valence-electron chi connectivity index (χ3n) is 7.25. The Labute approximate surface area is 207 Å². The van der Waals surface area contributed by atoms with Crippen molar-refractivity contribution in [3.63, 3.8) is 0 Å². The van der Waals surface area contributed by atoms with Crippen molar-refractivity contribution in [3.8, 4) is 17.2 Å². The quantitative estimate of drug-likeness (QED) is 0.482. The fourth-order valence-corrected chi connectivity index (χ4v) is 5.45. The molecule has 6 heteroatoms. The first-order valence-corrected chi connectivity index (χ1v) is 12.7. The van der Waals surface area contributed by atoms with Crippen molar-refractivity contribution in [2.75, 3.05) is 23.3 Å². The number of halogens is 1. The minimum atomic E-state index is -0.229. The largest absolute Gasteiger partial charge is 0.370 e. The van der Waals surface area contributed by atoms with E-state index in [0.29, 0.717) is 23.7 Å². The van der Waals surface area contributed by atoms with E-state index in [1.54, 1.807) is 18.3 Å². The second-order valence-corrected chi connectivity index (χ2v) is 9.69. The number of aromatic nitrogens is 1. The Morgan fingerprint density at radius 3 is 2.51 bits per heavy atom. The molecule has 3 atom stereocenters. The number of benzene rings is 2. The highest BCUT2D eigenvalue weighted by Crippen LogP contribution is 2.27. The zero-order valence-electron chi connectivity index (χ0n) is 20.0. The van der Waals surface area contributed by atoms with Gasteiger partial charge in [-0.3, -0.25) is 0 Å². The van der Waals surface area contributed by atoms with Gasteiger partial charge in [-0.2, -0.15) is 5.26 Å². The second kappa shape index (κ2) is 10.9. The van der Waals surface area contributed by atoms with Crippen molar-refractivity contribution in [2.24, 2.45) is 0 Å². The Morgan fingerprint density at radius 1 is 0.914 bits per heavy atom. The van der Waals surface area contributed by atoms with Gasteiger partial charge in [0.25, 0.3) is 0 Å². The lowest BCUT2D eigenvalue weighted by Gasteiger charge is -2.40. The van der Waals surface area contributed by atoms with Gasteiger partial charge in [0, 0.05) is 43.1 Å². The van der Waals surface area contributed by atoms with Gasteiger partial charge < -0.3 is 15.5 Å². The molecule has 3 aromatic rings. The van der Waals surface area contributed by atoms with Gasteiger partial charge in [-0.05, 0) is 85.3 Å². The number of nitriles is 1. The number of piperidine rings is 1. The highest BCUT2D eigenvalue weighted by atomic mass is 19.1. The molecule has 0 radical (unpaired) electrons. The molecule has 35 heavy (non-hydrogen) atoms. The molecule has 0 bridgehead atoms. The van der Waals surface area contributed by atoms with E-state index in [1.165, 1.54) is 31.0 Å². The van der Waals surface area contributed by atoms with Crippen LogP contribution in [-0.2, 0) is 0 Å². The predicted octanol–water partition coefficient (Wildman–Crippen LogP) is 5.74. The van der Waals surface area contributed by atoms with Crippen LogP contribution in [0.25, 0.3) is 11.1 Å². The fraction of sp³-hybridized carbons (Fsp3) is 0.379. The number of rotatable bonds is 6. The predicted molar refractivity (Wildman–Crippen MR) is 139 cm³/mol. The molecule has 1 aliphatic heterocycles. The Balaban J connectivity index is 1.24. The lowest BCUT2D eigenvalue weighted by molar-refractivity contribution is 0.293. The van der Waals surface area contributed by atoms with Crippen LogP contribution in [0.5, 0.6) is 0 Å². The van der Waals surface area contributed by atoms with E-state index >= 15 is 0 Å². The number of hydrogen-bond donors (Lipinski definition) is 2. The molecule has 1 aromatic heterocycles. The lowest BCUT2D eigenvalue weighted by Crippen LogP contribution is -2.54. The molecule has 2 N–H and O–H groups in total. The molecule has 2 aliphatic rings. The Morgan fingerprint density at radius 2 is 1.71 bits per heavy atom. The van der Waals surface area contributed by atoms with E-state index in [2.05, 4.69) is 38.7 Å². The summed E-state index contributed by atoms with van der Waals surface area (Å²) in [6, 6.07) is 21.9. The van der Waals surface area contributed by atoms with Crippen LogP contribution in [-0.4, -0.2) is 36.2 Å². The summed E-state index contributed by atoms with van der Waals surface area (Å²) < 4.78 is 13.7. The van der Waals surface area contributed by atoms with Crippen LogP contribution in [0.3, 0.4) is 0 Å². The molecule has 1 saturated carbocycles. The highest BCUT2D eigenvalue weighted by Gasteiger charge is 2.29. The molecule has 1 aliphatic carbocycles. The van der Waals surface area contributed by atoms with Crippen LogP contribution in [0.4, 0.5) is 15.9 Å². The third-order valence-corrected chi connectivity index (χ3v) is 7.25. The van der Waals surface area contributed by atoms with Crippen LogP contribution >= 0.6 is 0 Å². The summed E-state index contributed by atoms with van der Waals surface area (Å²) in [4.78, 5) is 6.99. The average Bonchev–Trinajstić information content (AvgIpc) is 2.90. The van der Waals surface area contributed by atoms with Crippen molar-refractivity contribution in [1.82, 2.24) is 10.3 Å². The Bertz CT molecular complexity index is 1170. The molecule has 180 valence electrons. The van der Waals surface area contributed by atoms with Crippen molar-refractivity contribution in [2.45, 2.75) is 56.7 Å². The molecular weight excluding hydrogens is 437 g/mol. The normalized spacial score (nSPS) is 22.4. The molecule has 1 saturated heterocycles. The third kappa shape index (κ3) is 5.80. The van der Waals surface area contributed by atoms with Crippen LogP contribution in [0, 0.1) is 17.1 Å². The van der Waals surface area contributed by atoms with Crippen LogP contribution < -0.4 is 15.5 Å². The maximum Gasteiger partial charge on any atom is 0.126 e. The monoisotopic (exact) mass is 469 g/mol. The fourth-order valence-electron chi connectivity index (χ4n) is 5.45. The first-order valence-electron chi connectivity index (χ1n) is 12.7. The summed E-state index contributed by atoms with van der Waals surface area (Å²) in [5, 5.41) is 16.7. The second-order valence-electron chi connectivity index (χ2n) is 9.69. The highest BCUT2D eigenvalue weighted by molar-refractivity contribution is 5.66. The van der Waals surface area contributed by atoms with Crippen LogP contribution in [0.1, 0.15) is 44.1 Å². The van der Waals surface area contributed by atoms with Gasteiger partial charge >= 0.3 is 0 Å². The number of nitrogens with one attached hydrogen (secondary N) is 2. The standard InChI is InChI=1S/C29H32FN5/c30-24-6-3-5-22(17-24)23-14-15-32-29(18-23)34-28-9-2-1-8-27(28)33-25-7-4-16-35(20-25)26-12-10-21(19-31)11-13-26/h3,5-6,10-15,17-18,25,27-28,33H,1-2,4,7-9,16,20H2,(H,32,34)/t25-,27+,28+/m0/s1. The lowest BCUT2D eigenvalue weighted by atomic mass is 9.89. The van der Waals surface area contributed by atoms with Gasteiger partial charge in [0.05, 0.1) is 11.6 Å². The van der Waals surface area contributed by atoms with E-state index in [0.717, 1.165) is 49.3 Å². The molecule has 2 fully saturated rings. The average molecular weight is 470 g/mol. The van der Waals surface area contributed by atoms with E-state index in [9.17, 15) is 4.39 Å². The van der Waals surface area contributed by atoms with Crippen molar-refractivity contribution >= 4 is 11.5 Å². The van der Waals surface area contributed by atoms with Crippen LogP contribution in [0.15, 0.2) is 66.9 Å². The summed E-state index contributed by atoms with van der Waals surface area (Å²) in [5.41, 5.74) is 3.71. The molecule has 0 unspecified atom stereocenters. The summed E-state index contributed by atoms with van der Waals surface area (Å²) in [5.74, 6) is 0.612. The zero-order valence-corrected chi connectivity index (χ0v) is 20.0. The smallest absolute Gasteiger partial charge is 0.126 e. The van der Waals surface area contributed by atoms with E-state index in [4.69, 9.17) is 5.26 Å². The Kier molecular flexibility index (Phi) is 7.25. The first kappa shape index (κ1) is 23.3. The maximum atomic E-state index is 13.7. The van der Waals surface area contributed by atoms with Gasteiger partial charge in [0.2, 0.25) is 0 Å². The molecule has 0 amide bonds. The first-order chi connectivity index (χ1) is 17.2. The molecule has 0 spiro atoms. The molecule has 2 aromatic carbocycles. The van der Waals surface area contributed by atoms with Crippen molar-refractivity contribution in [3.05, 3.63) is 78.2 Å². The SMILES string of the molecule is N#Cc1ccc(N2CCC[C@H](N[C@@H]3CCCC[C@H]3Nc3cc(-c4cccc(F)c4)ccn3)C2)cc1. The van der Waals surface area contributed by atoms with E-state index in [-0.39, 0.29) is 5.82 Å². The van der Waals surface area contributed by atoms with Crippen molar-refractivity contribution < 1.29 is 4.39 Å². The van der Waals surface area contributed by atoms with E-state index < -0.39 is 0 Å². The maximum absolute atomic E-state index is 13.7. The summed E-state index contributed by atoms with van der Waals surface area (Å²) >= 11 is 0. The molecule has 5 nitrogen and oxygen atoms in total. The zero-order chi connectivity index (χ0) is 24.0. The Hall–Kier alpha value is -3.43. The van der Waals surface area contributed by atoms with Gasteiger partial charge in [0.15, 0.2) is 0 Å². The topological polar surface area (TPSA) is 64.0 Å².